The number of hydrogen-bond donors (Lipinski definition) is 1. The first-order chi connectivity index (χ1) is 11.5. The molecule has 7 heteroatoms. The van der Waals surface area contributed by atoms with Gasteiger partial charge >= 0.3 is 0 Å². The molecule has 1 aliphatic rings. The molecule has 1 saturated heterocycles. The van der Waals surface area contributed by atoms with Crippen LogP contribution in [0.5, 0.6) is 0 Å². The Labute approximate surface area is 145 Å². The van der Waals surface area contributed by atoms with Gasteiger partial charge in [0.15, 0.2) is 9.84 Å². The van der Waals surface area contributed by atoms with Crippen molar-refractivity contribution < 1.29 is 13.2 Å². The zero-order chi connectivity index (χ0) is 17.0. The van der Waals surface area contributed by atoms with E-state index in [1.54, 1.807) is 30.1 Å². The van der Waals surface area contributed by atoms with Crippen LogP contribution in [0.4, 0.5) is 0 Å². The Morgan fingerprint density at radius 1 is 1.21 bits per heavy atom. The molecule has 0 saturated carbocycles. The third-order valence-corrected chi connectivity index (χ3v) is 6.59. The minimum absolute atomic E-state index is 0.0392. The Kier molecular flexibility index (Phi) is 5.20. The van der Waals surface area contributed by atoms with Crippen LogP contribution >= 0.6 is 11.8 Å². The molecule has 1 unspecified atom stereocenters. The number of nitrogens with zero attached hydrogens (tertiary/aromatic N) is 1. The number of sulfone groups is 1. The van der Waals surface area contributed by atoms with E-state index in [1.165, 1.54) is 0 Å². The maximum absolute atomic E-state index is 12.2. The molecule has 126 valence electrons. The van der Waals surface area contributed by atoms with Gasteiger partial charge in [0.2, 0.25) is 0 Å². The number of rotatable bonds is 5. The van der Waals surface area contributed by atoms with Gasteiger partial charge in [-0.3, -0.25) is 4.79 Å². The van der Waals surface area contributed by atoms with Crippen molar-refractivity contribution in [2.45, 2.75) is 23.2 Å². The molecular formula is C17H18N2O3S2. The van der Waals surface area contributed by atoms with Gasteiger partial charge in [0.05, 0.1) is 16.5 Å². The minimum Gasteiger partial charge on any atom is -0.348 e. The van der Waals surface area contributed by atoms with Crippen LogP contribution < -0.4 is 5.32 Å². The van der Waals surface area contributed by atoms with E-state index in [0.29, 0.717) is 12.0 Å². The van der Waals surface area contributed by atoms with Crippen LogP contribution in [0.15, 0.2) is 53.7 Å². The number of nitrogens with one attached hydrogen (secondary N) is 1. The van der Waals surface area contributed by atoms with Crippen molar-refractivity contribution in [3.8, 4) is 0 Å². The fourth-order valence-electron chi connectivity index (χ4n) is 2.52. The number of pyridine rings is 1. The lowest BCUT2D eigenvalue weighted by Gasteiger charge is -2.11. The normalized spacial score (nSPS) is 19.1. The third-order valence-electron chi connectivity index (χ3n) is 3.81. The molecule has 1 aromatic heterocycles. The monoisotopic (exact) mass is 362 g/mol. The van der Waals surface area contributed by atoms with E-state index in [-0.39, 0.29) is 23.5 Å². The Balaban J connectivity index is 1.55. The maximum Gasteiger partial charge on any atom is 0.251 e. The number of hydrogen-bond acceptors (Lipinski definition) is 5. The maximum atomic E-state index is 12.2. The van der Waals surface area contributed by atoms with E-state index in [4.69, 9.17) is 0 Å². The molecule has 2 heterocycles. The highest BCUT2D eigenvalue weighted by Gasteiger charge is 2.29. The zero-order valence-electron chi connectivity index (χ0n) is 13.0. The standard InChI is InChI=1S/C17H18N2O3S2/c20-17(19-15-8-10-24(21,22)12-15)14-6-4-13(5-7-14)11-23-16-3-1-2-9-18-16/h1-7,9,15H,8,10-12H2,(H,19,20). The third kappa shape index (κ3) is 4.58. The molecule has 0 spiro atoms. The van der Waals surface area contributed by atoms with Crippen LogP contribution in [0.3, 0.4) is 0 Å². The minimum atomic E-state index is -2.99. The number of carbonyl (C=O) groups is 1. The van der Waals surface area contributed by atoms with E-state index in [1.807, 2.05) is 30.3 Å². The summed E-state index contributed by atoms with van der Waals surface area (Å²) in [7, 11) is -2.99. The summed E-state index contributed by atoms with van der Waals surface area (Å²) in [5.74, 6) is 0.750. The highest BCUT2D eigenvalue weighted by Crippen LogP contribution is 2.20. The van der Waals surface area contributed by atoms with Crippen LogP contribution in [0.2, 0.25) is 0 Å². The number of amides is 1. The summed E-state index contributed by atoms with van der Waals surface area (Å²) >= 11 is 1.64. The summed E-state index contributed by atoms with van der Waals surface area (Å²) in [6, 6.07) is 12.9. The van der Waals surface area contributed by atoms with E-state index in [0.717, 1.165) is 16.3 Å². The van der Waals surface area contributed by atoms with Gasteiger partial charge in [-0.25, -0.2) is 13.4 Å². The average molecular weight is 362 g/mol. The van der Waals surface area contributed by atoms with Crippen LogP contribution in [-0.2, 0) is 15.6 Å². The highest BCUT2D eigenvalue weighted by atomic mass is 32.2. The van der Waals surface area contributed by atoms with E-state index in [9.17, 15) is 13.2 Å². The fraction of sp³-hybridized carbons (Fsp3) is 0.294. The van der Waals surface area contributed by atoms with E-state index in [2.05, 4.69) is 10.3 Å². The summed E-state index contributed by atoms with van der Waals surface area (Å²) in [5.41, 5.74) is 1.65. The molecule has 0 radical (unpaired) electrons. The summed E-state index contributed by atoms with van der Waals surface area (Å²) in [4.78, 5) is 16.4. The van der Waals surface area contributed by atoms with Crippen LogP contribution in [-0.4, -0.2) is 36.9 Å². The molecule has 5 nitrogen and oxygen atoms in total. The number of carbonyl (C=O) groups excluding carboxylic acids is 1. The molecule has 1 amide bonds. The molecule has 3 rings (SSSR count). The molecule has 0 bridgehead atoms. The van der Waals surface area contributed by atoms with Crippen molar-refractivity contribution >= 4 is 27.5 Å². The lowest BCUT2D eigenvalue weighted by atomic mass is 10.1. The van der Waals surface area contributed by atoms with Gasteiger partial charge in [0, 0.05) is 23.6 Å². The lowest BCUT2D eigenvalue weighted by molar-refractivity contribution is 0.0941. The molecule has 1 atom stereocenters. The number of benzene rings is 1. The second-order valence-corrected chi connectivity index (χ2v) is 8.95. The second kappa shape index (κ2) is 7.36. The van der Waals surface area contributed by atoms with E-state index < -0.39 is 9.84 Å². The first-order valence-corrected chi connectivity index (χ1v) is 10.5. The molecule has 1 aliphatic heterocycles. The number of thioether (sulfide) groups is 1. The molecular weight excluding hydrogens is 344 g/mol. The summed E-state index contributed by atoms with van der Waals surface area (Å²) in [5, 5.41) is 3.75. The predicted octanol–water partition coefficient (Wildman–Crippen LogP) is 2.29. The van der Waals surface area contributed by atoms with Gasteiger partial charge in [-0.15, -0.1) is 11.8 Å². The number of aromatic nitrogens is 1. The van der Waals surface area contributed by atoms with Gasteiger partial charge in [-0.2, -0.15) is 0 Å². The largest absolute Gasteiger partial charge is 0.348 e. The SMILES string of the molecule is O=C(NC1CCS(=O)(=O)C1)c1ccc(CSc2ccccn2)cc1. The molecule has 1 N–H and O–H groups in total. The quantitative estimate of drug-likeness (QED) is 0.826. The average Bonchev–Trinajstić information content (AvgIpc) is 2.93. The lowest BCUT2D eigenvalue weighted by Crippen LogP contribution is -2.35. The van der Waals surface area contributed by atoms with Crippen molar-refractivity contribution in [2.24, 2.45) is 0 Å². The first-order valence-electron chi connectivity index (χ1n) is 7.66. The zero-order valence-corrected chi connectivity index (χ0v) is 14.6. The molecule has 2 aromatic rings. The fourth-order valence-corrected chi connectivity index (χ4v) is 5.01. The second-order valence-electron chi connectivity index (χ2n) is 5.73. The summed E-state index contributed by atoms with van der Waals surface area (Å²) in [6.45, 7) is 0. The van der Waals surface area contributed by atoms with Gasteiger partial charge in [0.1, 0.15) is 0 Å². The molecule has 24 heavy (non-hydrogen) atoms. The Morgan fingerprint density at radius 3 is 2.62 bits per heavy atom. The first kappa shape index (κ1) is 17.0. The van der Waals surface area contributed by atoms with Gasteiger partial charge in [-0.1, -0.05) is 18.2 Å². The predicted molar refractivity (Wildman–Crippen MR) is 94.8 cm³/mol. The van der Waals surface area contributed by atoms with Gasteiger partial charge in [-0.05, 0) is 36.2 Å². The van der Waals surface area contributed by atoms with Crippen molar-refractivity contribution in [1.82, 2.24) is 10.3 Å². The Morgan fingerprint density at radius 2 is 2.00 bits per heavy atom. The van der Waals surface area contributed by atoms with Gasteiger partial charge < -0.3 is 5.32 Å². The van der Waals surface area contributed by atoms with Crippen molar-refractivity contribution in [1.29, 1.82) is 0 Å². The topological polar surface area (TPSA) is 76.1 Å². The summed E-state index contributed by atoms with van der Waals surface area (Å²) in [6.07, 6.45) is 2.26. The van der Waals surface area contributed by atoms with Crippen molar-refractivity contribution in [3.05, 3.63) is 59.8 Å². The van der Waals surface area contributed by atoms with Gasteiger partial charge in [0.25, 0.3) is 5.91 Å². The summed E-state index contributed by atoms with van der Waals surface area (Å²) < 4.78 is 22.9. The van der Waals surface area contributed by atoms with Crippen LogP contribution in [0.25, 0.3) is 0 Å². The molecule has 0 aliphatic carbocycles. The van der Waals surface area contributed by atoms with Crippen LogP contribution in [0, 0.1) is 0 Å². The molecule has 1 fully saturated rings. The Hall–Kier alpha value is -1.86. The van der Waals surface area contributed by atoms with E-state index >= 15 is 0 Å². The smallest absolute Gasteiger partial charge is 0.251 e. The Bertz CT molecular complexity index is 805. The van der Waals surface area contributed by atoms with Crippen molar-refractivity contribution in [2.75, 3.05) is 11.5 Å². The molecule has 1 aromatic carbocycles. The van der Waals surface area contributed by atoms with Crippen molar-refractivity contribution in [3.63, 3.8) is 0 Å². The van der Waals surface area contributed by atoms with Crippen LogP contribution in [0.1, 0.15) is 22.3 Å². The highest BCUT2D eigenvalue weighted by molar-refractivity contribution is 7.98.